The van der Waals surface area contributed by atoms with Crippen LogP contribution in [0.25, 0.3) is 0 Å². The van der Waals surface area contributed by atoms with E-state index in [1.165, 1.54) is 12.0 Å². The largest absolute Gasteiger partial charge is 0.392 e. The van der Waals surface area contributed by atoms with Gasteiger partial charge in [-0.05, 0) is 86.5 Å². The quantitative estimate of drug-likeness (QED) is 0.742. The Labute approximate surface area is 162 Å². The predicted octanol–water partition coefficient (Wildman–Crippen LogP) is 3.82. The number of allylic oxidation sites excluding steroid dienone is 2. The van der Waals surface area contributed by atoms with Crippen LogP contribution in [-0.2, 0) is 4.79 Å². The summed E-state index contributed by atoms with van der Waals surface area (Å²) >= 11 is 0. The molecule has 5 aliphatic rings. The normalized spacial score (nSPS) is 50.4. The molecule has 0 saturated heterocycles. The lowest BCUT2D eigenvalue weighted by atomic mass is 9.47. The third-order valence-electron chi connectivity index (χ3n) is 9.03. The Morgan fingerprint density at radius 1 is 1.19 bits per heavy atom. The zero-order valence-corrected chi connectivity index (χ0v) is 16.1. The maximum absolute atomic E-state index is 11.9. The van der Waals surface area contributed by atoms with E-state index in [9.17, 15) is 15.0 Å². The van der Waals surface area contributed by atoms with Crippen LogP contribution in [0.5, 0.6) is 0 Å². The van der Waals surface area contributed by atoms with Crippen LogP contribution < -0.4 is 0 Å². The second-order valence-electron chi connectivity index (χ2n) is 9.83. The molecule has 0 amide bonds. The van der Waals surface area contributed by atoms with E-state index in [-0.39, 0.29) is 12.0 Å². The zero-order valence-electron chi connectivity index (χ0n) is 16.1. The molecule has 4 saturated carbocycles. The smallest absolute Gasteiger partial charge is 0.155 e. The van der Waals surface area contributed by atoms with Gasteiger partial charge in [0.05, 0.1) is 12.2 Å². The van der Waals surface area contributed by atoms with Crippen molar-refractivity contribution in [2.45, 2.75) is 57.0 Å². The van der Waals surface area contributed by atoms with Crippen molar-refractivity contribution in [1.29, 1.82) is 0 Å². The summed E-state index contributed by atoms with van der Waals surface area (Å²) in [5, 5.41) is 21.2. The molecule has 0 aliphatic heterocycles. The molecular formula is C24H32O3. The molecule has 27 heavy (non-hydrogen) atoms. The van der Waals surface area contributed by atoms with Crippen molar-refractivity contribution in [3.63, 3.8) is 0 Å². The minimum absolute atomic E-state index is 0.00908. The van der Waals surface area contributed by atoms with Gasteiger partial charge in [-0.1, -0.05) is 23.8 Å². The highest BCUT2D eigenvalue weighted by Crippen LogP contribution is 2.77. The average Bonchev–Trinajstić information content (AvgIpc) is 3.42. The molecule has 0 heterocycles. The van der Waals surface area contributed by atoms with Crippen LogP contribution in [0.2, 0.25) is 0 Å². The van der Waals surface area contributed by atoms with Crippen molar-refractivity contribution in [2.24, 2.45) is 40.9 Å². The molecule has 8 unspecified atom stereocenters. The molecule has 0 spiro atoms. The molecule has 0 aromatic rings. The maximum atomic E-state index is 11.9. The molecule has 5 rings (SSSR count). The van der Waals surface area contributed by atoms with Crippen molar-refractivity contribution in [2.75, 3.05) is 6.61 Å². The van der Waals surface area contributed by atoms with Crippen LogP contribution in [0, 0.1) is 40.9 Å². The van der Waals surface area contributed by atoms with E-state index in [0.29, 0.717) is 41.3 Å². The molecule has 3 heteroatoms. The van der Waals surface area contributed by atoms with E-state index in [2.05, 4.69) is 6.58 Å². The number of rotatable bonds is 4. The van der Waals surface area contributed by atoms with Crippen LogP contribution in [0.4, 0.5) is 0 Å². The van der Waals surface area contributed by atoms with Gasteiger partial charge in [-0.2, -0.15) is 0 Å². The summed E-state index contributed by atoms with van der Waals surface area (Å²) < 4.78 is 0. The van der Waals surface area contributed by atoms with E-state index < -0.39 is 5.60 Å². The summed E-state index contributed by atoms with van der Waals surface area (Å²) in [4.78, 5) is 11.9. The molecule has 146 valence electrons. The van der Waals surface area contributed by atoms with E-state index in [1.54, 1.807) is 6.08 Å². The van der Waals surface area contributed by atoms with Crippen molar-refractivity contribution in [3.8, 4) is 0 Å². The van der Waals surface area contributed by atoms with Crippen LogP contribution in [0.1, 0.15) is 51.4 Å². The fourth-order valence-electron chi connectivity index (χ4n) is 8.19. The molecule has 0 radical (unpaired) electrons. The highest BCUT2D eigenvalue weighted by atomic mass is 16.3. The summed E-state index contributed by atoms with van der Waals surface area (Å²) in [6.45, 7) is 4.03. The Morgan fingerprint density at radius 2 is 2.04 bits per heavy atom. The second kappa shape index (κ2) is 6.15. The van der Waals surface area contributed by atoms with Gasteiger partial charge in [0.15, 0.2) is 5.78 Å². The lowest BCUT2D eigenvalue weighted by molar-refractivity contribution is -0.124. The number of aliphatic hydroxyl groups is 2. The lowest BCUT2D eigenvalue weighted by Crippen LogP contribution is -2.55. The van der Waals surface area contributed by atoms with Gasteiger partial charge in [0, 0.05) is 11.8 Å². The highest BCUT2D eigenvalue weighted by Gasteiger charge is 2.75. The topological polar surface area (TPSA) is 57.5 Å². The van der Waals surface area contributed by atoms with Crippen molar-refractivity contribution in [1.82, 2.24) is 0 Å². The number of hydrogen-bond acceptors (Lipinski definition) is 3. The Hall–Kier alpha value is -1.19. The third kappa shape index (κ3) is 2.31. The van der Waals surface area contributed by atoms with Crippen LogP contribution >= 0.6 is 0 Å². The Morgan fingerprint density at radius 3 is 2.81 bits per heavy atom. The zero-order chi connectivity index (χ0) is 18.8. The Kier molecular flexibility index (Phi) is 4.07. The number of carbonyl (C=O) groups is 1. The molecule has 0 aromatic carbocycles. The van der Waals surface area contributed by atoms with Crippen LogP contribution in [0.3, 0.4) is 0 Å². The molecule has 3 nitrogen and oxygen atoms in total. The first kappa shape index (κ1) is 17.9. The molecule has 2 N–H and O–H groups in total. The summed E-state index contributed by atoms with van der Waals surface area (Å²) in [6.07, 6.45) is 15.9. The van der Waals surface area contributed by atoms with Gasteiger partial charge in [-0.25, -0.2) is 0 Å². The molecule has 0 bridgehead atoms. The Bertz CT molecular complexity index is 721. The van der Waals surface area contributed by atoms with Gasteiger partial charge in [0.1, 0.15) is 0 Å². The van der Waals surface area contributed by atoms with Crippen molar-refractivity contribution >= 4 is 5.78 Å². The van der Waals surface area contributed by atoms with Gasteiger partial charge in [0.25, 0.3) is 0 Å². The van der Waals surface area contributed by atoms with Gasteiger partial charge >= 0.3 is 0 Å². The first-order valence-electron chi connectivity index (χ1n) is 10.9. The second-order valence-corrected chi connectivity index (χ2v) is 9.83. The number of carbonyl (C=O) groups excluding carboxylic acids is 1. The van der Waals surface area contributed by atoms with Gasteiger partial charge in [-0.3, -0.25) is 4.79 Å². The number of ketones is 1. The summed E-state index contributed by atoms with van der Waals surface area (Å²) in [5.74, 6) is 3.82. The monoisotopic (exact) mass is 368 g/mol. The number of aliphatic hydroxyl groups excluding tert-OH is 1. The minimum Gasteiger partial charge on any atom is -0.392 e. The first-order valence-corrected chi connectivity index (χ1v) is 10.9. The molecule has 5 aliphatic carbocycles. The average molecular weight is 369 g/mol. The summed E-state index contributed by atoms with van der Waals surface area (Å²) in [6, 6.07) is 0. The molecular weight excluding hydrogens is 336 g/mol. The van der Waals surface area contributed by atoms with Crippen LogP contribution in [0.15, 0.2) is 36.5 Å². The van der Waals surface area contributed by atoms with Gasteiger partial charge in [-0.15, -0.1) is 6.58 Å². The summed E-state index contributed by atoms with van der Waals surface area (Å²) in [5.41, 5.74) is 0.522. The highest BCUT2D eigenvalue weighted by molar-refractivity contribution is 5.91. The summed E-state index contributed by atoms with van der Waals surface area (Å²) in [7, 11) is 0. The standard InChI is InChI=1S/C24H32O3/c1-2-9-23-11-8-18-17-7-5-16(26)13-15(17)4-6-19(18)22(23)20-14-21(20)24(23,27)10-3-12-25/h2-3,10,13,17-22,25,27H,1,4-9,11-12,14H2/b10-3-. The van der Waals surface area contributed by atoms with Crippen molar-refractivity contribution in [3.05, 3.63) is 36.5 Å². The maximum Gasteiger partial charge on any atom is 0.155 e. The molecule has 0 aromatic heterocycles. The minimum atomic E-state index is -0.789. The fraction of sp³-hybridized carbons (Fsp3) is 0.708. The van der Waals surface area contributed by atoms with Gasteiger partial charge in [0.2, 0.25) is 0 Å². The molecule has 4 fully saturated rings. The lowest BCUT2D eigenvalue weighted by Gasteiger charge is -2.58. The van der Waals surface area contributed by atoms with E-state index in [0.717, 1.165) is 44.9 Å². The number of fused-ring (bicyclic) bond motifs is 7. The fourth-order valence-corrected chi connectivity index (χ4v) is 8.19. The van der Waals surface area contributed by atoms with Crippen LogP contribution in [-0.4, -0.2) is 28.2 Å². The van der Waals surface area contributed by atoms with Gasteiger partial charge < -0.3 is 10.2 Å². The first-order chi connectivity index (χ1) is 13.1. The molecule has 8 atom stereocenters. The van der Waals surface area contributed by atoms with E-state index in [1.807, 2.05) is 18.2 Å². The Balaban J connectivity index is 1.52. The van der Waals surface area contributed by atoms with Crippen molar-refractivity contribution < 1.29 is 15.0 Å². The SMILES string of the molecule is C=CCC12CCC3C4CCC(=O)C=C4CCC3C1C1CC1C2(O)/C=C\CO. The van der Waals surface area contributed by atoms with E-state index in [4.69, 9.17) is 0 Å². The van der Waals surface area contributed by atoms with E-state index >= 15 is 0 Å². The number of hydrogen-bond donors (Lipinski definition) is 2. The predicted molar refractivity (Wildman–Crippen MR) is 105 cm³/mol. The third-order valence-corrected chi connectivity index (χ3v) is 9.03.